The first kappa shape index (κ1) is 9.31. The lowest BCUT2D eigenvalue weighted by Gasteiger charge is -2.02. The minimum Gasteiger partial charge on any atom is -0.508 e. The van der Waals surface area contributed by atoms with Crippen molar-refractivity contribution in [1.29, 1.82) is 0 Å². The fourth-order valence-electron chi connectivity index (χ4n) is 0.850. The molecule has 0 aliphatic carbocycles. The van der Waals surface area contributed by atoms with Gasteiger partial charge >= 0.3 is 6.09 Å². The monoisotopic (exact) mass is 185 g/mol. The van der Waals surface area contributed by atoms with Gasteiger partial charge in [0.2, 0.25) is 0 Å². The quantitative estimate of drug-likeness (QED) is 0.650. The molecule has 13 heavy (non-hydrogen) atoms. The number of benzene rings is 1. The number of hydrogen-bond donors (Lipinski definition) is 3. The summed E-state index contributed by atoms with van der Waals surface area (Å²) in [4.78, 5) is 10.1. The van der Waals surface area contributed by atoms with Crippen LogP contribution in [0.5, 0.6) is 5.75 Å². The maximum Gasteiger partial charge on any atom is 0.404 e. The molecule has 0 saturated heterocycles. The van der Waals surface area contributed by atoms with Crippen molar-refractivity contribution in [1.82, 2.24) is 5.32 Å². The van der Waals surface area contributed by atoms with Gasteiger partial charge in [-0.15, -0.1) is 0 Å². The van der Waals surface area contributed by atoms with Gasteiger partial charge in [0.1, 0.15) is 11.6 Å². The van der Waals surface area contributed by atoms with E-state index in [0.717, 1.165) is 6.07 Å². The molecule has 3 N–H and O–H groups in total. The number of amides is 1. The van der Waals surface area contributed by atoms with Crippen LogP contribution in [0.2, 0.25) is 0 Å². The number of carbonyl (C=O) groups is 1. The van der Waals surface area contributed by atoms with E-state index in [0.29, 0.717) is 0 Å². The van der Waals surface area contributed by atoms with Crippen LogP contribution in [-0.4, -0.2) is 16.3 Å². The van der Waals surface area contributed by atoms with Crippen LogP contribution < -0.4 is 5.32 Å². The zero-order valence-electron chi connectivity index (χ0n) is 6.62. The number of phenolic OH excluding ortho intramolecular Hbond substituents is 1. The summed E-state index contributed by atoms with van der Waals surface area (Å²) >= 11 is 0. The highest BCUT2D eigenvalue weighted by atomic mass is 19.1. The van der Waals surface area contributed by atoms with Crippen LogP contribution in [-0.2, 0) is 6.54 Å². The summed E-state index contributed by atoms with van der Waals surface area (Å²) in [7, 11) is 0. The normalized spacial score (nSPS) is 9.62. The minimum absolute atomic E-state index is 0.110. The fourth-order valence-corrected chi connectivity index (χ4v) is 0.850. The summed E-state index contributed by atoms with van der Waals surface area (Å²) in [6.07, 6.45) is -1.22. The maximum atomic E-state index is 12.9. The van der Waals surface area contributed by atoms with Crippen molar-refractivity contribution in [3.63, 3.8) is 0 Å². The molecule has 0 fully saturated rings. The van der Waals surface area contributed by atoms with Crippen molar-refractivity contribution < 1.29 is 19.4 Å². The maximum absolute atomic E-state index is 12.9. The van der Waals surface area contributed by atoms with Gasteiger partial charge < -0.3 is 15.5 Å². The van der Waals surface area contributed by atoms with Crippen LogP contribution in [0.4, 0.5) is 9.18 Å². The predicted molar refractivity (Wildman–Crippen MR) is 42.9 cm³/mol. The molecule has 0 aliphatic heterocycles. The Morgan fingerprint density at radius 3 is 2.77 bits per heavy atom. The molecule has 0 aromatic heterocycles. The Hall–Kier alpha value is -1.78. The molecule has 0 spiro atoms. The number of aromatic hydroxyl groups is 1. The number of phenols is 1. The van der Waals surface area contributed by atoms with Crippen LogP contribution in [0, 0.1) is 5.82 Å². The number of rotatable bonds is 2. The second kappa shape index (κ2) is 3.75. The molecule has 70 valence electrons. The predicted octanol–water partition coefficient (Wildman–Crippen LogP) is 1.30. The Morgan fingerprint density at radius 1 is 1.54 bits per heavy atom. The molecule has 1 aromatic carbocycles. The zero-order valence-corrected chi connectivity index (χ0v) is 6.62. The van der Waals surface area contributed by atoms with Crippen LogP contribution >= 0.6 is 0 Å². The SMILES string of the molecule is O=C(O)NCc1ccc(O)cc1F. The van der Waals surface area contributed by atoms with Gasteiger partial charge in [0.25, 0.3) is 0 Å². The molecular weight excluding hydrogens is 177 g/mol. The molecule has 1 rings (SSSR count). The first-order valence-corrected chi connectivity index (χ1v) is 3.54. The van der Waals surface area contributed by atoms with Gasteiger partial charge in [0, 0.05) is 18.2 Å². The van der Waals surface area contributed by atoms with Crippen molar-refractivity contribution in [3.05, 3.63) is 29.6 Å². The topological polar surface area (TPSA) is 69.6 Å². The number of carboxylic acid groups (broad SMARTS) is 1. The van der Waals surface area contributed by atoms with Gasteiger partial charge in [-0.1, -0.05) is 6.07 Å². The molecule has 5 heteroatoms. The molecule has 1 aromatic rings. The summed E-state index contributed by atoms with van der Waals surface area (Å²) < 4.78 is 12.9. The molecule has 0 aliphatic rings. The number of nitrogens with one attached hydrogen (secondary N) is 1. The Bertz CT molecular complexity index is 327. The summed E-state index contributed by atoms with van der Waals surface area (Å²) in [5, 5.41) is 19.1. The van der Waals surface area contributed by atoms with Crippen LogP contribution in [0.3, 0.4) is 0 Å². The zero-order chi connectivity index (χ0) is 9.84. The van der Waals surface area contributed by atoms with Crippen molar-refractivity contribution in [2.24, 2.45) is 0 Å². The highest BCUT2D eigenvalue weighted by Crippen LogP contribution is 2.14. The third-order valence-electron chi connectivity index (χ3n) is 1.47. The highest BCUT2D eigenvalue weighted by Gasteiger charge is 2.03. The number of halogens is 1. The van der Waals surface area contributed by atoms with Crippen LogP contribution in [0.1, 0.15) is 5.56 Å². The van der Waals surface area contributed by atoms with Crippen molar-refractivity contribution in [3.8, 4) is 5.75 Å². The summed E-state index contributed by atoms with van der Waals surface area (Å²) in [5.74, 6) is -0.815. The van der Waals surface area contributed by atoms with Gasteiger partial charge in [0.05, 0.1) is 0 Å². The van der Waals surface area contributed by atoms with Gasteiger partial charge in [-0.3, -0.25) is 0 Å². The molecule has 4 nitrogen and oxygen atoms in total. The Kier molecular flexibility index (Phi) is 2.69. The van der Waals surface area contributed by atoms with Crippen LogP contribution in [0.25, 0.3) is 0 Å². The molecule has 0 atom stereocenters. The van der Waals surface area contributed by atoms with Gasteiger partial charge in [0.15, 0.2) is 0 Å². The molecule has 0 radical (unpaired) electrons. The largest absolute Gasteiger partial charge is 0.508 e. The fraction of sp³-hybridized carbons (Fsp3) is 0.125. The minimum atomic E-state index is -1.22. The molecule has 0 unspecified atom stereocenters. The standard InChI is InChI=1S/C8H8FNO3/c9-7-3-6(11)2-1-5(7)4-10-8(12)13/h1-3,10-11H,4H2,(H,12,13). The van der Waals surface area contributed by atoms with E-state index in [2.05, 4.69) is 0 Å². The molecule has 0 bridgehead atoms. The second-order valence-electron chi connectivity index (χ2n) is 2.43. The molecular formula is C8H8FNO3. The van der Waals surface area contributed by atoms with E-state index in [4.69, 9.17) is 10.2 Å². The molecule has 0 heterocycles. The summed E-state index contributed by atoms with van der Waals surface area (Å²) in [6.45, 7) is -0.110. The van der Waals surface area contributed by atoms with E-state index in [1.807, 2.05) is 5.32 Å². The van der Waals surface area contributed by atoms with Gasteiger partial charge in [-0.2, -0.15) is 0 Å². The van der Waals surface area contributed by atoms with E-state index in [1.165, 1.54) is 12.1 Å². The smallest absolute Gasteiger partial charge is 0.404 e. The van der Waals surface area contributed by atoms with E-state index >= 15 is 0 Å². The summed E-state index contributed by atoms with van der Waals surface area (Å²) in [5.41, 5.74) is 0.195. The van der Waals surface area contributed by atoms with Gasteiger partial charge in [-0.05, 0) is 6.07 Å². The lowest BCUT2D eigenvalue weighted by Crippen LogP contribution is -2.20. The van der Waals surface area contributed by atoms with E-state index in [9.17, 15) is 9.18 Å². The van der Waals surface area contributed by atoms with Crippen LogP contribution in [0.15, 0.2) is 18.2 Å². The summed E-state index contributed by atoms with van der Waals surface area (Å²) in [6, 6.07) is 3.54. The number of hydrogen-bond acceptors (Lipinski definition) is 2. The Labute approximate surface area is 73.6 Å². The average molecular weight is 185 g/mol. The second-order valence-corrected chi connectivity index (χ2v) is 2.43. The molecule has 0 saturated carbocycles. The van der Waals surface area contributed by atoms with Crippen molar-refractivity contribution >= 4 is 6.09 Å². The van der Waals surface area contributed by atoms with E-state index in [1.54, 1.807) is 0 Å². The van der Waals surface area contributed by atoms with E-state index in [-0.39, 0.29) is 17.9 Å². The first-order valence-electron chi connectivity index (χ1n) is 3.54. The Morgan fingerprint density at radius 2 is 2.23 bits per heavy atom. The third kappa shape index (κ3) is 2.62. The van der Waals surface area contributed by atoms with Crippen molar-refractivity contribution in [2.45, 2.75) is 6.54 Å². The van der Waals surface area contributed by atoms with Crippen molar-refractivity contribution in [2.75, 3.05) is 0 Å². The first-order chi connectivity index (χ1) is 6.09. The van der Waals surface area contributed by atoms with E-state index < -0.39 is 11.9 Å². The lowest BCUT2D eigenvalue weighted by atomic mass is 10.2. The highest BCUT2D eigenvalue weighted by molar-refractivity contribution is 5.64. The lowest BCUT2D eigenvalue weighted by molar-refractivity contribution is 0.194. The molecule has 1 amide bonds. The Balaban J connectivity index is 2.72. The average Bonchev–Trinajstić information content (AvgIpc) is 2.02. The van der Waals surface area contributed by atoms with Gasteiger partial charge in [-0.25, -0.2) is 9.18 Å². The third-order valence-corrected chi connectivity index (χ3v) is 1.47.